The summed E-state index contributed by atoms with van der Waals surface area (Å²) in [5.41, 5.74) is 0. The molecule has 1 rings (SSSR count). The second kappa shape index (κ2) is 2.79. The average Bonchev–Trinajstić information content (AvgIpc) is 1.77. The molecule has 1 aliphatic rings. The smallest absolute Gasteiger partial charge is 0.0543 e. The van der Waals surface area contributed by atoms with Gasteiger partial charge in [0.2, 0.25) is 0 Å². The van der Waals surface area contributed by atoms with Crippen LogP contribution in [-0.4, -0.2) is 9.70 Å². The molecule has 0 aliphatic heterocycles. The Labute approximate surface area is 70.1 Å². The lowest BCUT2D eigenvalue weighted by Gasteiger charge is -2.32. The van der Waals surface area contributed by atoms with Gasteiger partial charge in [-0.25, -0.2) is 0 Å². The monoisotopic (exact) mass is 210 g/mol. The number of alkyl halides is 2. The van der Waals surface area contributed by atoms with E-state index in [-0.39, 0.29) is 4.87 Å². The molecule has 9 heavy (non-hydrogen) atoms. The number of hydrogen-bond acceptors (Lipinski definition) is 0. The summed E-state index contributed by atoms with van der Waals surface area (Å²) < 4.78 is 0. The van der Waals surface area contributed by atoms with Crippen LogP contribution >= 0.6 is 27.5 Å². The molecule has 1 saturated carbocycles. The molecule has 54 valence electrons. The van der Waals surface area contributed by atoms with Crippen molar-refractivity contribution in [3.63, 3.8) is 0 Å². The summed E-state index contributed by atoms with van der Waals surface area (Å²) in [6.45, 7) is 2.12. The zero-order valence-corrected chi connectivity index (χ0v) is 8.00. The Morgan fingerprint density at radius 3 is 2.56 bits per heavy atom. The molecule has 2 heteroatoms. The van der Waals surface area contributed by atoms with Gasteiger partial charge in [0.05, 0.1) is 4.87 Å². The fourth-order valence-electron chi connectivity index (χ4n) is 1.25. The summed E-state index contributed by atoms with van der Waals surface area (Å²) in [6.07, 6.45) is 5.02. The van der Waals surface area contributed by atoms with E-state index in [0.717, 1.165) is 6.42 Å². The highest BCUT2D eigenvalue weighted by molar-refractivity contribution is 9.09. The van der Waals surface area contributed by atoms with Crippen LogP contribution < -0.4 is 0 Å². The molecule has 1 aliphatic carbocycles. The Morgan fingerprint density at radius 2 is 2.22 bits per heavy atom. The normalized spacial score (nSPS) is 45.0. The molecule has 0 radical (unpaired) electrons. The largest absolute Gasteiger partial charge is 0.118 e. The summed E-state index contributed by atoms with van der Waals surface area (Å²) in [5.74, 6) is 0. The van der Waals surface area contributed by atoms with Crippen molar-refractivity contribution in [2.24, 2.45) is 0 Å². The lowest BCUT2D eigenvalue weighted by atomic mass is 9.90. The van der Waals surface area contributed by atoms with Crippen LogP contribution in [-0.2, 0) is 0 Å². The minimum absolute atomic E-state index is 0.0260. The van der Waals surface area contributed by atoms with Crippen LogP contribution in [0.3, 0.4) is 0 Å². The third kappa shape index (κ3) is 1.84. The zero-order valence-electron chi connectivity index (χ0n) is 5.66. The molecule has 2 atom stereocenters. The third-order valence-corrected chi connectivity index (χ3v) is 4.21. The molecular formula is C7H12BrCl. The fraction of sp³-hybridized carbons (Fsp3) is 1.00. The van der Waals surface area contributed by atoms with E-state index in [1.807, 2.05) is 0 Å². The molecule has 0 spiro atoms. The first-order valence-electron chi connectivity index (χ1n) is 3.46. The van der Waals surface area contributed by atoms with Crippen molar-refractivity contribution in [2.75, 3.05) is 0 Å². The molecule has 0 bridgehead atoms. The highest BCUT2D eigenvalue weighted by Gasteiger charge is 2.32. The van der Waals surface area contributed by atoms with Crippen LogP contribution in [0.2, 0.25) is 0 Å². The van der Waals surface area contributed by atoms with E-state index < -0.39 is 0 Å². The van der Waals surface area contributed by atoms with Crippen LogP contribution in [0, 0.1) is 0 Å². The van der Waals surface area contributed by atoms with E-state index >= 15 is 0 Å². The molecule has 0 saturated heterocycles. The van der Waals surface area contributed by atoms with Crippen molar-refractivity contribution < 1.29 is 0 Å². The number of hydrogen-bond donors (Lipinski definition) is 0. The standard InChI is InChI=1S/C7H12BrCl/c1-7(9)5-3-2-4-6(7)8/h6H,2-5H2,1H3/t6-,7-/m0/s1. The summed E-state index contributed by atoms with van der Waals surface area (Å²) in [4.78, 5) is 0.554. The maximum absolute atomic E-state index is 6.18. The van der Waals surface area contributed by atoms with Crippen molar-refractivity contribution in [2.45, 2.75) is 42.3 Å². The fourth-order valence-corrected chi connectivity index (χ4v) is 2.05. The topological polar surface area (TPSA) is 0 Å². The van der Waals surface area contributed by atoms with Crippen LogP contribution in [0.25, 0.3) is 0 Å². The van der Waals surface area contributed by atoms with Gasteiger partial charge >= 0.3 is 0 Å². The van der Waals surface area contributed by atoms with Crippen molar-refractivity contribution in [3.05, 3.63) is 0 Å². The van der Waals surface area contributed by atoms with Gasteiger partial charge in [0.1, 0.15) is 0 Å². The minimum atomic E-state index is 0.0260. The van der Waals surface area contributed by atoms with Gasteiger partial charge in [-0.05, 0) is 19.8 Å². The molecule has 0 nitrogen and oxygen atoms in total. The second-order valence-electron chi connectivity index (χ2n) is 2.99. The van der Waals surface area contributed by atoms with E-state index in [1.165, 1.54) is 19.3 Å². The van der Waals surface area contributed by atoms with E-state index in [4.69, 9.17) is 11.6 Å². The number of rotatable bonds is 0. The Balaban J connectivity index is 2.49. The number of halogens is 2. The first-order valence-corrected chi connectivity index (χ1v) is 4.75. The van der Waals surface area contributed by atoms with Gasteiger partial charge in [-0.1, -0.05) is 28.8 Å². The van der Waals surface area contributed by atoms with Crippen LogP contribution in [0.1, 0.15) is 32.6 Å². The molecule has 0 unspecified atom stereocenters. The Morgan fingerprint density at radius 1 is 1.56 bits per heavy atom. The highest BCUT2D eigenvalue weighted by atomic mass is 79.9. The molecule has 0 heterocycles. The van der Waals surface area contributed by atoms with Gasteiger partial charge < -0.3 is 0 Å². The first-order chi connectivity index (χ1) is 4.13. The maximum Gasteiger partial charge on any atom is 0.0543 e. The van der Waals surface area contributed by atoms with Gasteiger partial charge in [0.25, 0.3) is 0 Å². The van der Waals surface area contributed by atoms with Crippen molar-refractivity contribution in [1.82, 2.24) is 0 Å². The van der Waals surface area contributed by atoms with Crippen LogP contribution in [0.4, 0.5) is 0 Å². The van der Waals surface area contributed by atoms with Crippen molar-refractivity contribution in [1.29, 1.82) is 0 Å². The molecule has 0 aromatic rings. The summed E-state index contributed by atoms with van der Waals surface area (Å²) >= 11 is 9.75. The van der Waals surface area contributed by atoms with Gasteiger partial charge in [-0.2, -0.15) is 0 Å². The second-order valence-corrected chi connectivity index (χ2v) is 4.96. The van der Waals surface area contributed by atoms with E-state index in [1.54, 1.807) is 0 Å². The highest BCUT2D eigenvalue weighted by Crippen LogP contribution is 2.38. The SMILES string of the molecule is C[C@]1(Cl)CCCC[C@@H]1Br. The van der Waals surface area contributed by atoms with Gasteiger partial charge in [0.15, 0.2) is 0 Å². The first kappa shape index (κ1) is 7.87. The van der Waals surface area contributed by atoms with Gasteiger partial charge in [-0.15, -0.1) is 11.6 Å². The van der Waals surface area contributed by atoms with Crippen molar-refractivity contribution in [3.8, 4) is 0 Å². The summed E-state index contributed by atoms with van der Waals surface area (Å²) in [6, 6.07) is 0. The maximum atomic E-state index is 6.18. The van der Waals surface area contributed by atoms with Gasteiger partial charge in [0, 0.05) is 4.83 Å². The summed E-state index contributed by atoms with van der Waals surface area (Å²) in [5, 5.41) is 0. The molecule has 1 fully saturated rings. The lowest BCUT2D eigenvalue weighted by molar-refractivity contribution is 0.431. The third-order valence-electron chi connectivity index (χ3n) is 2.03. The van der Waals surface area contributed by atoms with Crippen LogP contribution in [0.5, 0.6) is 0 Å². The van der Waals surface area contributed by atoms with E-state index in [9.17, 15) is 0 Å². The molecular weight excluding hydrogens is 199 g/mol. The van der Waals surface area contributed by atoms with Gasteiger partial charge in [-0.3, -0.25) is 0 Å². The van der Waals surface area contributed by atoms with E-state index in [0.29, 0.717) is 4.83 Å². The average molecular weight is 212 g/mol. The zero-order chi connectivity index (χ0) is 6.91. The quantitative estimate of drug-likeness (QED) is 0.539. The Bertz CT molecular complexity index is 101. The molecule has 0 aromatic carbocycles. The summed E-state index contributed by atoms with van der Waals surface area (Å²) in [7, 11) is 0. The molecule has 0 amide bonds. The molecule has 0 aromatic heterocycles. The van der Waals surface area contributed by atoms with E-state index in [2.05, 4.69) is 22.9 Å². The van der Waals surface area contributed by atoms with Crippen molar-refractivity contribution >= 4 is 27.5 Å². The predicted octanol–water partition coefficient (Wildman–Crippen LogP) is 3.32. The Kier molecular flexibility index (Phi) is 2.44. The van der Waals surface area contributed by atoms with Crippen LogP contribution in [0.15, 0.2) is 0 Å². The molecule has 0 N–H and O–H groups in total. The Hall–Kier alpha value is 0.770. The lowest BCUT2D eigenvalue weighted by Crippen LogP contribution is -2.32. The minimum Gasteiger partial charge on any atom is -0.118 e. The predicted molar refractivity (Wildman–Crippen MR) is 45.4 cm³/mol.